The first-order chi connectivity index (χ1) is 6.81. The Labute approximate surface area is 95.9 Å². The summed E-state index contributed by atoms with van der Waals surface area (Å²) in [6, 6.07) is 5.68. The van der Waals surface area contributed by atoms with Crippen LogP contribution in [0.1, 0.15) is 24.4 Å². The Bertz CT molecular complexity index is 324. The Morgan fingerprint density at radius 3 is 2.87 bits per heavy atom. The van der Waals surface area contributed by atoms with Crippen molar-refractivity contribution in [2.45, 2.75) is 18.9 Å². The van der Waals surface area contributed by atoms with Gasteiger partial charge in [0.15, 0.2) is 0 Å². The summed E-state index contributed by atoms with van der Waals surface area (Å²) in [5.41, 5.74) is 1.14. The lowest BCUT2D eigenvalue weighted by Crippen LogP contribution is -2.13. The highest BCUT2D eigenvalue weighted by Crippen LogP contribution is 2.32. The average Bonchev–Trinajstić information content (AvgIpc) is 2.70. The molecule has 15 heavy (non-hydrogen) atoms. The van der Waals surface area contributed by atoms with Gasteiger partial charge in [0.1, 0.15) is 11.5 Å². The molecule has 0 aliphatic carbocycles. The van der Waals surface area contributed by atoms with Gasteiger partial charge in [-0.25, -0.2) is 0 Å². The lowest BCUT2D eigenvalue weighted by Gasteiger charge is -2.14. The van der Waals surface area contributed by atoms with E-state index in [2.05, 4.69) is 5.32 Å². The number of nitrogens with one attached hydrogen (secondary N) is 1. The molecule has 2 N–H and O–H groups in total. The zero-order chi connectivity index (χ0) is 9.97. The standard InChI is InChI=1S/C11H15NO2.ClH/c1-14-11-7-8(13)4-5-9(11)10-3-2-6-12-10;/h4-5,7,10,12-13H,2-3,6H2,1H3;1H/t10-;/m1./s1. The molecule has 0 amide bonds. The molecule has 1 aliphatic heterocycles. The normalized spacial score (nSPS) is 19.7. The Balaban J connectivity index is 0.00000112. The molecule has 1 saturated heterocycles. The van der Waals surface area contributed by atoms with Gasteiger partial charge >= 0.3 is 0 Å². The quantitative estimate of drug-likeness (QED) is 0.818. The SMILES string of the molecule is COc1cc(O)ccc1[C@H]1CCCN1.Cl. The van der Waals surface area contributed by atoms with E-state index in [0.29, 0.717) is 6.04 Å². The number of ether oxygens (including phenoxy) is 1. The molecule has 1 atom stereocenters. The molecule has 0 spiro atoms. The molecular formula is C11H16ClNO2. The highest BCUT2D eigenvalue weighted by Gasteiger charge is 2.19. The van der Waals surface area contributed by atoms with Crippen molar-refractivity contribution in [2.75, 3.05) is 13.7 Å². The molecule has 0 saturated carbocycles. The minimum atomic E-state index is 0. The lowest BCUT2D eigenvalue weighted by molar-refractivity contribution is 0.396. The Hall–Kier alpha value is -0.930. The molecule has 2 rings (SSSR count). The molecule has 84 valence electrons. The molecule has 0 unspecified atom stereocenters. The molecule has 4 heteroatoms. The van der Waals surface area contributed by atoms with Crippen molar-refractivity contribution in [3.05, 3.63) is 23.8 Å². The van der Waals surface area contributed by atoms with E-state index < -0.39 is 0 Å². The number of phenolic OH excluding ortho intramolecular Hbond substituents is 1. The summed E-state index contributed by atoms with van der Waals surface area (Å²) in [5.74, 6) is 1.02. The monoisotopic (exact) mass is 229 g/mol. The summed E-state index contributed by atoms with van der Waals surface area (Å²) in [7, 11) is 1.63. The summed E-state index contributed by atoms with van der Waals surface area (Å²) in [6.45, 7) is 1.06. The van der Waals surface area contributed by atoms with Crippen molar-refractivity contribution in [1.29, 1.82) is 0 Å². The molecule has 1 aromatic carbocycles. The van der Waals surface area contributed by atoms with Crippen LogP contribution in [0.2, 0.25) is 0 Å². The second-order valence-corrected chi connectivity index (χ2v) is 3.58. The van der Waals surface area contributed by atoms with Crippen LogP contribution in [-0.2, 0) is 0 Å². The third-order valence-electron chi connectivity index (χ3n) is 2.65. The van der Waals surface area contributed by atoms with Crippen LogP contribution in [0.3, 0.4) is 0 Å². The summed E-state index contributed by atoms with van der Waals surface area (Å²) in [4.78, 5) is 0. The first-order valence-electron chi connectivity index (χ1n) is 4.91. The van der Waals surface area contributed by atoms with E-state index in [9.17, 15) is 5.11 Å². The minimum Gasteiger partial charge on any atom is -0.508 e. The number of halogens is 1. The number of benzene rings is 1. The third kappa shape index (κ3) is 2.55. The van der Waals surface area contributed by atoms with E-state index in [1.807, 2.05) is 6.07 Å². The van der Waals surface area contributed by atoms with Gasteiger partial charge in [-0.1, -0.05) is 6.07 Å². The maximum atomic E-state index is 9.31. The Kier molecular flexibility index (Phi) is 4.24. The van der Waals surface area contributed by atoms with Gasteiger partial charge in [0.2, 0.25) is 0 Å². The number of phenols is 1. The fourth-order valence-electron chi connectivity index (χ4n) is 1.94. The van der Waals surface area contributed by atoms with Gasteiger partial charge in [-0.2, -0.15) is 0 Å². The number of hydrogen-bond donors (Lipinski definition) is 2. The van der Waals surface area contributed by atoms with Crippen molar-refractivity contribution in [3.8, 4) is 11.5 Å². The Morgan fingerprint density at radius 2 is 2.27 bits per heavy atom. The first kappa shape index (κ1) is 12.1. The van der Waals surface area contributed by atoms with Crippen molar-refractivity contribution in [1.82, 2.24) is 5.32 Å². The summed E-state index contributed by atoms with van der Waals surface area (Å²) in [6.07, 6.45) is 2.34. The maximum absolute atomic E-state index is 9.31. The summed E-state index contributed by atoms with van der Waals surface area (Å²) in [5, 5.41) is 12.7. The average molecular weight is 230 g/mol. The van der Waals surface area contributed by atoms with Gasteiger partial charge in [-0.05, 0) is 25.5 Å². The van der Waals surface area contributed by atoms with Crippen LogP contribution < -0.4 is 10.1 Å². The van der Waals surface area contributed by atoms with Gasteiger partial charge in [0, 0.05) is 17.7 Å². The summed E-state index contributed by atoms with van der Waals surface area (Å²) < 4.78 is 5.24. The van der Waals surface area contributed by atoms with E-state index in [0.717, 1.165) is 24.3 Å². The predicted molar refractivity (Wildman–Crippen MR) is 61.9 cm³/mol. The van der Waals surface area contributed by atoms with Crippen LogP contribution in [0.15, 0.2) is 18.2 Å². The molecule has 1 aliphatic rings. The highest BCUT2D eigenvalue weighted by atomic mass is 35.5. The fraction of sp³-hybridized carbons (Fsp3) is 0.455. The van der Waals surface area contributed by atoms with Crippen LogP contribution >= 0.6 is 12.4 Å². The third-order valence-corrected chi connectivity index (χ3v) is 2.65. The molecule has 0 aromatic heterocycles. The number of rotatable bonds is 2. The molecule has 1 fully saturated rings. The zero-order valence-corrected chi connectivity index (χ0v) is 9.51. The summed E-state index contributed by atoms with van der Waals surface area (Å²) >= 11 is 0. The lowest BCUT2D eigenvalue weighted by atomic mass is 10.0. The number of methoxy groups -OCH3 is 1. The Morgan fingerprint density at radius 1 is 1.47 bits per heavy atom. The fourth-order valence-corrected chi connectivity index (χ4v) is 1.94. The first-order valence-corrected chi connectivity index (χ1v) is 4.91. The molecule has 0 bridgehead atoms. The molecule has 1 heterocycles. The maximum Gasteiger partial charge on any atom is 0.127 e. The van der Waals surface area contributed by atoms with E-state index in [1.165, 1.54) is 6.42 Å². The highest BCUT2D eigenvalue weighted by molar-refractivity contribution is 5.85. The van der Waals surface area contributed by atoms with Crippen LogP contribution in [0.4, 0.5) is 0 Å². The van der Waals surface area contributed by atoms with E-state index in [1.54, 1.807) is 19.2 Å². The topological polar surface area (TPSA) is 41.5 Å². The molecule has 1 aromatic rings. The largest absolute Gasteiger partial charge is 0.508 e. The number of aromatic hydroxyl groups is 1. The minimum absolute atomic E-state index is 0. The van der Waals surface area contributed by atoms with E-state index in [4.69, 9.17) is 4.74 Å². The van der Waals surface area contributed by atoms with E-state index in [-0.39, 0.29) is 18.2 Å². The number of hydrogen-bond acceptors (Lipinski definition) is 3. The van der Waals surface area contributed by atoms with Crippen LogP contribution in [-0.4, -0.2) is 18.8 Å². The van der Waals surface area contributed by atoms with Gasteiger partial charge in [-0.15, -0.1) is 12.4 Å². The van der Waals surface area contributed by atoms with Crippen molar-refractivity contribution in [3.63, 3.8) is 0 Å². The predicted octanol–water partition coefficient (Wildman–Crippen LogP) is 2.25. The van der Waals surface area contributed by atoms with Gasteiger partial charge < -0.3 is 15.2 Å². The zero-order valence-electron chi connectivity index (χ0n) is 8.69. The van der Waals surface area contributed by atoms with Crippen LogP contribution in [0, 0.1) is 0 Å². The molecule has 3 nitrogen and oxygen atoms in total. The van der Waals surface area contributed by atoms with Gasteiger partial charge in [-0.3, -0.25) is 0 Å². The van der Waals surface area contributed by atoms with Crippen LogP contribution in [0.25, 0.3) is 0 Å². The molecular weight excluding hydrogens is 214 g/mol. The van der Waals surface area contributed by atoms with Crippen molar-refractivity contribution < 1.29 is 9.84 Å². The van der Waals surface area contributed by atoms with Gasteiger partial charge in [0.05, 0.1) is 7.11 Å². The van der Waals surface area contributed by atoms with E-state index >= 15 is 0 Å². The van der Waals surface area contributed by atoms with Crippen molar-refractivity contribution >= 4 is 12.4 Å². The second kappa shape index (κ2) is 5.24. The van der Waals surface area contributed by atoms with Gasteiger partial charge in [0.25, 0.3) is 0 Å². The smallest absolute Gasteiger partial charge is 0.127 e. The second-order valence-electron chi connectivity index (χ2n) is 3.58. The molecule has 0 radical (unpaired) electrons. The van der Waals surface area contributed by atoms with Crippen molar-refractivity contribution in [2.24, 2.45) is 0 Å². The van der Waals surface area contributed by atoms with Crippen LogP contribution in [0.5, 0.6) is 11.5 Å².